The van der Waals surface area contributed by atoms with Gasteiger partial charge in [-0.05, 0) is 44.4 Å². The summed E-state index contributed by atoms with van der Waals surface area (Å²) < 4.78 is 18.9. The highest BCUT2D eigenvalue weighted by molar-refractivity contribution is 5.84. The summed E-state index contributed by atoms with van der Waals surface area (Å²) >= 11 is 0. The molecule has 0 aromatic heterocycles. The fourth-order valence-electron chi connectivity index (χ4n) is 4.12. The topological polar surface area (TPSA) is 58.6 Å². The van der Waals surface area contributed by atoms with Crippen LogP contribution in [0.2, 0.25) is 0 Å². The Bertz CT molecular complexity index is 671. The second-order valence-electron chi connectivity index (χ2n) is 7.77. The van der Waals surface area contributed by atoms with E-state index >= 15 is 0 Å². The summed E-state index contributed by atoms with van der Waals surface area (Å²) in [5, 5.41) is 3.01. The number of benzene rings is 1. The fourth-order valence-corrected chi connectivity index (χ4v) is 4.12. The minimum atomic E-state index is -0.341. The number of carbonyl (C=O) groups is 2. The lowest BCUT2D eigenvalue weighted by Crippen LogP contribution is -2.46. The van der Waals surface area contributed by atoms with Crippen molar-refractivity contribution >= 4 is 11.8 Å². The predicted octanol–water partition coefficient (Wildman–Crippen LogP) is 2.15. The smallest absolute Gasteiger partial charge is 0.227 e. The number of halogens is 1. The van der Waals surface area contributed by atoms with Crippen LogP contribution in [-0.4, -0.2) is 49.1 Å². The first-order valence-corrected chi connectivity index (χ1v) is 9.30. The summed E-state index contributed by atoms with van der Waals surface area (Å²) in [6, 6.07) is 6.19. The average Bonchev–Trinajstić information content (AvgIpc) is 2.94. The van der Waals surface area contributed by atoms with Crippen LogP contribution in [0.15, 0.2) is 24.3 Å². The van der Waals surface area contributed by atoms with Gasteiger partial charge in [0.15, 0.2) is 0 Å². The SMILES string of the molecule is CC(C)NC(=O)[C@@H]1CN(C(=O)Cc2cccc(F)c2)CC12CCOCC2. The number of nitrogens with zero attached hydrogens (tertiary/aromatic N) is 1. The Hall–Kier alpha value is -1.95. The zero-order valence-electron chi connectivity index (χ0n) is 15.5. The molecular formula is C20H27FN2O3. The minimum absolute atomic E-state index is 0.0166. The molecule has 2 amide bonds. The third-order valence-electron chi connectivity index (χ3n) is 5.48. The van der Waals surface area contributed by atoms with Crippen LogP contribution in [-0.2, 0) is 20.7 Å². The van der Waals surface area contributed by atoms with E-state index in [-0.39, 0.29) is 41.4 Å². The van der Waals surface area contributed by atoms with Gasteiger partial charge in [-0.25, -0.2) is 4.39 Å². The van der Waals surface area contributed by atoms with Crippen molar-refractivity contribution in [2.75, 3.05) is 26.3 Å². The van der Waals surface area contributed by atoms with Gasteiger partial charge in [-0.2, -0.15) is 0 Å². The number of rotatable bonds is 4. The molecule has 5 nitrogen and oxygen atoms in total. The average molecular weight is 362 g/mol. The van der Waals surface area contributed by atoms with Gasteiger partial charge in [0.05, 0.1) is 12.3 Å². The van der Waals surface area contributed by atoms with E-state index < -0.39 is 0 Å². The molecule has 0 aliphatic carbocycles. The molecule has 1 aromatic carbocycles. The largest absolute Gasteiger partial charge is 0.381 e. The molecule has 1 spiro atoms. The quantitative estimate of drug-likeness (QED) is 0.893. The van der Waals surface area contributed by atoms with Crippen molar-refractivity contribution in [2.24, 2.45) is 11.3 Å². The van der Waals surface area contributed by atoms with Gasteiger partial charge in [0.2, 0.25) is 11.8 Å². The lowest BCUT2D eigenvalue weighted by molar-refractivity contribution is -0.130. The van der Waals surface area contributed by atoms with Crippen LogP contribution in [0.5, 0.6) is 0 Å². The van der Waals surface area contributed by atoms with Gasteiger partial charge in [-0.15, -0.1) is 0 Å². The molecule has 2 fully saturated rings. The maximum absolute atomic E-state index is 13.4. The molecule has 6 heteroatoms. The number of carbonyl (C=O) groups excluding carboxylic acids is 2. The second kappa shape index (κ2) is 7.74. The second-order valence-corrected chi connectivity index (χ2v) is 7.77. The van der Waals surface area contributed by atoms with Crippen molar-refractivity contribution in [3.05, 3.63) is 35.6 Å². The van der Waals surface area contributed by atoms with E-state index in [1.54, 1.807) is 17.0 Å². The zero-order valence-corrected chi connectivity index (χ0v) is 15.5. The fraction of sp³-hybridized carbons (Fsp3) is 0.600. The first kappa shape index (κ1) is 18.8. The van der Waals surface area contributed by atoms with Crippen LogP contribution in [0.4, 0.5) is 4.39 Å². The highest BCUT2D eigenvalue weighted by Crippen LogP contribution is 2.44. The predicted molar refractivity (Wildman–Crippen MR) is 95.9 cm³/mol. The minimum Gasteiger partial charge on any atom is -0.381 e. The summed E-state index contributed by atoms with van der Waals surface area (Å²) in [6.45, 7) is 6.12. The molecule has 2 heterocycles. The summed E-state index contributed by atoms with van der Waals surface area (Å²) in [7, 11) is 0. The van der Waals surface area contributed by atoms with Crippen molar-refractivity contribution in [2.45, 2.75) is 39.2 Å². The molecular weight excluding hydrogens is 335 g/mol. The molecule has 2 aliphatic heterocycles. The number of hydrogen-bond donors (Lipinski definition) is 1. The molecule has 1 aromatic rings. The third kappa shape index (κ3) is 4.06. The summed E-state index contributed by atoms with van der Waals surface area (Å²) in [5.74, 6) is -0.596. The monoisotopic (exact) mass is 362 g/mol. The Morgan fingerprint density at radius 3 is 2.73 bits per heavy atom. The van der Waals surface area contributed by atoms with Gasteiger partial charge in [-0.3, -0.25) is 9.59 Å². The van der Waals surface area contributed by atoms with Crippen molar-refractivity contribution < 1.29 is 18.7 Å². The Morgan fingerprint density at radius 1 is 1.35 bits per heavy atom. The molecule has 26 heavy (non-hydrogen) atoms. The molecule has 0 unspecified atom stereocenters. The Labute approximate surface area is 153 Å². The molecule has 142 valence electrons. The van der Waals surface area contributed by atoms with Gasteiger partial charge in [0.1, 0.15) is 5.82 Å². The maximum atomic E-state index is 13.4. The molecule has 2 aliphatic rings. The van der Waals surface area contributed by atoms with Crippen LogP contribution in [0, 0.1) is 17.2 Å². The van der Waals surface area contributed by atoms with Crippen LogP contribution >= 0.6 is 0 Å². The van der Waals surface area contributed by atoms with Gasteiger partial charge in [-0.1, -0.05) is 12.1 Å². The van der Waals surface area contributed by atoms with E-state index in [1.165, 1.54) is 12.1 Å². The Balaban J connectivity index is 1.74. The highest BCUT2D eigenvalue weighted by atomic mass is 19.1. The van der Waals surface area contributed by atoms with Crippen LogP contribution in [0.25, 0.3) is 0 Å². The van der Waals surface area contributed by atoms with E-state index in [0.29, 0.717) is 31.9 Å². The summed E-state index contributed by atoms with van der Waals surface area (Å²) in [5.41, 5.74) is 0.445. The third-order valence-corrected chi connectivity index (χ3v) is 5.48. The molecule has 1 N–H and O–H groups in total. The first-order chi connectivity index (χ1) is 12.4. The summed E-state index contributed by atoms with van der Waals surface area (Å²) in [4.78, 5) is 27.3. The standard InChI is InChI=1S/C20H27FN2O3/c1-14(2)22-19(25)17-12-23(13-20(17)6-8-26-9-7-20)18(24)11-15-4-3-5-16(21)10-15/h3-5,10,14,17H,6-9,11-13H2,1-2H3,(H,22,25)/t17-/m0/s1. The number of ether oxygens (including phenoxy) is 1. The lowest BCUT2D eigenvalue weighted by Gasteiger charge is -2.37. The van der Waals surface area contributed by atoms with E-state index in [9.17, 15) is 14.0 Å². The van der Waals surface area contributed by atoms with Crippen molar-refractivity contribution in [3.63, 3.8) is 0 Å². The van der Waals surface area contributed by atoms with Crippen LogP contribution < -0.4 is 5.32 Å². The molecule has 0 bridgehead atoms. The molecule has 3 rings (SSSR count). The van der Waals surface area contributed by atoms with E-state index in [2.05, 4.69) is 5.32 Å². The van der Waals surface area contributed by atoms with E-state index in [4.69, 9.17) is 4.74 Å². The van der Waals surface area contributed by atoms with Crippen LogP contribution in [0.1, 0.15) is 32.3 Å². The highest BCUT2D eigenvalue weighted by Gasteiger charge is 2.51. The van der Waals surface area contributed by atoms with Gasteiger partial charge in [0, 0.05) is 37.8 Å². The first-order valence-electron chi connectivity index (χ1n) is 9.30. The van der Waals surface area contributed by atoms with E-state index in [1.807, 2.05) is 13.8 Å². The van der Waals surface area contributed by atoms with Crippen molar-refractivity contribution in [1.29, 1.82) is 0 Å². The van der Waals surface area contributed by atoms with Gasteiger partial charge >= 0.3 is 0 Å². The van der Waals surface area contributed by atoms with Crippen LogP contribution in [0.3, 0.4) is 0 Å². The van der Waals surface area contributed by atoms with E-state index in [0.717, 1.165) is 12.8 Å². The Kier molecular flexibility index (Phi) is 5.61. The zero-order chi connectivity index (χ0) is 18.7. The number of likely N-dealkylation sites (tertiary alicyclic amines) is 1. The van der Waals surface area contributed by atoms with Gasteiger partial charge in [0.25, 0.3) is 0 Å². The molecule has 2 saturated heterocycles. The summed E-state index contributed by atoms with van der Waals surface area (Å²) in [6.07, 6.45) is 1.72. The number of amides is 2. The number of nitrogens with one attached hydrogen (secondary N) is 1. The molecule has 1 atom stereocenters. The number of hydrogen-bond acceptors (Lipinski definition) is 3. The van der Waals surface area contributed by atoms with Crippen molar-refractivity contribution in [3.8, 4) is 0 Å². The molecule has 0 radical (unpaired) electrons. The molecule has 0 saturated carbocycles. The lowest BCUT2D eigenvalue weighted by atomic mass is 9.71. The normalized spacial score (nSPS) is 22.0. The maximum Gasteiger partial charge on any atom is 0.227 e. The van der Waals surface area contributed by atoms with Crippen molar-refractivity contribution in [1.82, 2.24) is 10.2 Å². The van der Waals surface area contributed by atoms with Gasteiger partial charge < -0.3 is 15.0 Å². The Morgan fingerprint density at radius 2 is 2.08 bits per heavy atom.